The van der Waals surface area contributed by atoms with Crippen LogP contribution in [-0.4, -0.2) is 26.2 Å². The van der Waals surface area contributed by atoms with Crippen molar-refractivity contribution in [1.82, 2.24) is 10.6 Å². The lowest BCUT2D eigenvalue weighted by molar-refractivity contribution is -0.121. The Morgan fingerprint density at radius 1 is 0.733 bits per heavy atom. The van der Waals surface area contributed by atoms with E-state index in [0.29, 0.717) is 26.0 Å². The quantitative estimate of drug-likeness (QED) is 0.103. The molecule has 0 saturated heterocycles. The molecule has 0 unspecified atom stereocenters. The average molecular weight is 617 g/mol. The van der Waals surface area contributed by atoms with Gasteiger partial charge in [0.05, 0.1) is 13.7 Å². The number of methoxy groups -OCH3 is 1. The van der Waals surface area contributed by atoms with Crippen LogP contribution in [0.15, 0.2) is 60.2 Å². The van der Waals surface area contributed by atoms with Crippen LogP contribution in [-0.2, 0) is 17.9 Å². The van der Waals surface area contributed by atoms with Crippen molar-refractivity contribution in [2.24, 2.45) is 0 Å². The van der Waals surface area contributed by atoms with Crippen molar-refractivity contribution in [3.8, 4) is 11.5 Å². The molecule has 2 aromatic rings. The number of amides is 1. The van der Waals surface area contributed by atoms with Gasteiger partial charge < -0.3 is 20.1 Å². The first-order valence-corrected chi connectivity index (χ1v) is 17.9. The minimum absolute atomic E-state index is 0.0424. The van der Waals surface area contributed by atoms with Gasteiger partial charge in [-0.15, -0.1) is 0 Å². The standard InChI is InChI=1S/C40H60N2O3/c1-4-5-6-7-8-9-10-11-12-13-14-15-16-17-26-41-32-36-24-25-38(30-39(36)44-3)45-27-18-19-40(43)42-31-34-20-22-35(23-21-34)37-28-33(2)29-37/h20-25,28-30,41H,4-19,26-27,31-32H2,1-3H3,(H,42,43). The zero-order valence-corrected chi connectivity index (χ0v) is 28.6. The summed E-state index contributed by atoms with van der Waals surface area (Å²) >= 11 is 0. The maximum absolute atomic E-state index is 12.3. The van der Waals surface area contributed by atoms with E-state index in [1.807, 2.05) is 12.1 Å². The van der Waals surface area contributed by atoms with E-state index >= 15 is 0 Å². The Labute approximate surface area is 274 Å². The van der Waals surface area contributed by atoms with Crippen LogP contribution >= 0.6 is 0 Å². The van der Waals surface area contributed by atoms with E-state index in [0.717, 1.165) is 35.7 Å². The van der Waals surface area contributed by atoms with Gasteiger partial charge in [0.15, 0.2) is 0 Å². The number of carbonyl (C=O) groups is 1. The van der Waals surface area contributed by atoms with Gasteiger partial charge in [-0.1, -0.05) is 133 Å². The molecule has 0 saturated carbocycles. The molecule has 1 aliphatic carbocycles. The highest BCUT2D eigenvalue weighted by Crippen LogP contribution is 2.27. The zero-order chi connectivity index (χ0) is 32.0. The third-order valence-electron chi connectivity index (χ3n) is 8.64. The fourth-order valence-electron chi connectivity index (χ4n) is 5.80. The molecule has 3 rings (SSSR count). The molecule has 0 spiro atoms. The van der Waals surface area contributed by atoms with Crippen LogP contribution in [0.25, 0.3) is 5.57 Å². The van der Waals surface area contributed by atoms with E-state index in [1.165, 1.54) is 107 Å². The summed E-state index contributed by atoms with van der Waals surface area (Å²) in [5, 5.41) is 6.59. The molecule has 2 N–H and O–H groups in total. The molecule has 0 atom stereocenters. The van der Waals surface area contributed by atoms with Gasteiger partial charge in [0.1, 0.15) is 11.5 Å². The van der Waals surface area contributed by atoms with Gasteiger partial charge >= 0.3 is 0 Å². The highest BCUT2D eigenvalue weighted by Gasteiger charge is 2.08. The number of carbonyl (C=O) groups excluding carboxylic acids is 1. The molecule has 45 heavy (non-hydrogen) atoms. The number of rotatable bonds is 26. The molecule has 1 amide bonds. The summed E-state index contributed by atoms with van der Waals surface area (Å²) in [4.78, 5) is 12.3. The van der Waals surface area contributed by atoms with Crippen molar-refractivity contribution in [3.63, 3.8) is 0 Å². The molecule has 248 valence electrons. The number of unbranched alkanes of at least 4 members (excludes halogenated alkanes) is 13. The monoisotopic (exact) mass is 616 g/mol. The summed E-state index contributed by atoms with van der Waals surface area (Å²) in [6.45, 7) is 7.24. The largest absolute Gasteiger partial charge is 0.496 e. The third kappa shape index (κ3) is 15.2. The van der Waals surface area contributed by atoms with E-state index in [9.17, 15) is 4.79 Å². The van der Waals surface area contributed by atoms with Gasteiger partial charge in [-0.25, -0.2) is 0 Å². The molecule has 0 radical (unpaired) electrons. The van der Waals surface area contributed by atoms with Crippen LogP contribution in [0.4, 0.5) is 0 Å². The summed E-state index contributed by atoms with van der Waals surface area (Å²) in [5.41, 5.74) is 6.03. The van der Waals surface area contributed by atoms with Gasteiger partial charge in [-0.05, 0) is 54.6 Å². The second-order valence-electron chi connectivity index (χ2n) is 12.7. The van der Waals surface area contributed by atoms with Crippen LogP contribution in [0.3, 0.4) is 0 Å². The number of allylic oxidation sites excluding steroid dienone is 4. The topological polar surface area (TPSA) is 59.6 Å². The van der Waals surface area contributed by atoms with Crippen molar-refractivity contribution < 1.29 is 14.3 Å². The van der Waals surface area contributed by atoms with Crippen LogP contribution < -0.4 is 20.1 Å². The van der Waals surface area contributed by atoms with Gasteiger partial charge in [-0.3, -0.25) is 4.79 Å². The highest BCUT2D eigenvalue weighted by molar-refractivity contribution is 5.83. The lowest BCUT2D eigenvalue weighted by Gasteiger charge is -2.13. The lowest BCUT2D eigenvalue weighted by atomic mass is 9.93. The van der Waals surface area contributed by atoms with Gasteiger partial charge in [0.25, 0.3) is 0 Å². The summed E-state index contributed by atoms with van der Waals surface area (Å²) in [7, 11) is 1.71. The van der Waals surface area contributed by atoms with Gasteiger partial charge in [0, 0.05) is 31.1 Å². The smallest absolute Gasteiger partial charge is 0.220 e. The van der Waals surface area contributed by atoms with Crippen LogP contribution in [0.2, 0.25) is 0 Å². The lowest BCUT2D eigenvalue weighted by Crippen LogP contribution is -2.23. The van der Waals surface area contributed by atoms with E-state index in [2.05, 4.69) is 67.0 Å². The fraction of sp³-hybridized carbons (Fsp3) is 0.575. The second-order valence-corrected chi connectivity index (χ2v) is 12.7. The Morgan fingerprint density at radius 2 is 1.36 bits per heavy atom. The summed E-state index contributed by atoms with van der Waals surface area (Å²) in [5.74, 6) is 1.65. The Bertz CT molecular complexity index is 1170. The molecule has 2 aromatic carbocycles. The van der Waals surface area contributed by atoms with Crippen molar-refractivity contribution in [1.29, 1.82) is 0 Å². The van der Waals surface area contributed by atoms with Crippen molar-refractivity contribution in [2.45, 2.75) is 130 Å². The number of hydrogen-bond acceptors (Lipinski definition) is 4. The molecule has 0 fully saturated rings. The first-order chi connectivity index (χ1) is 22.1. The maximum Gasteiger partial charge on any atom is 0.220 e. The SMILES string of the molecule is CCCCCCCCCCCCCCCCNCc1ccc(OCCCC(=O)NCc2ccc(C3=CC(C)=C3)cc2)cc1OC. The summed E-state index contributed by atoms with van der Waals surface area (Å²) in [6.07, 6.45) is 24.9. The van der Waals surface area contributed by atoms with Crippen molar-refractivity contribution in [3.05, 3.63) is 76.9 Å². The first-order valence-electron chi connectivity index (χ1n) is 17.9. The van der Waals surface area contributed by atoms with Crippen LogP contribution in [0.1, 0.15) is 133 Å². The summed E-state index contributed by atoms with van der Waals surface area (Å²) < 4.78 is 11.5. The fourth-order valence-corrected chi connectivity index (χ4v) is 5.80. The highest BCUT2D eigenvalue weighted by atomic mass is 16.5. The van der Waals surface area contributed by atoms with E-state index in [4.69, 9.17) is 9.47 Å². The first kappa shape index (κ1) is 36.4. The normalized spacial score (nSPS) is 12.3. The summed E-state index contributed by atoms with van der Waals surface area (Å²) in [6, 6.07) is 14.4. The minimum atomic E-state index is 0.0424. The Kier molecular flexibility index (Phi) is 18.2. The van der Waals surface area contributed by atoms with Crippen LogP contribution in [0, 0.1) is 0 Å². The Hall–Kier alpha value is -3.05. The van der Waals surface area contributed by atoms with Crippen molar-refractivity contribution >= 4 is 11.5 Å². The minimum Gasteiger partial charge on any atom is -0.496 e. The Morgan fingerprint density at radius 3 is 1.96 bits per heavy atom. The molecular formula is C40H60N2O3. The van der Waals surface area contributed by atoms with E-state index < -0.39 is 0 Å². The molecule has 0 aliphatic heterocycles. The number of hydrogen-bond donors (Lipinski definition) is 2. The molecule has 1 aliphatic rings. The maximum atomic E-state index is 12.3. The van der Waals surface area contributed by atoms with E-state index in [1.54, 1.807) is 7.11 Å². The number of ether oxygens (including phenoxy) is 2. The molecule has 5 heteroatoms. The third-order valence-corrected chi connectivity index (χ3v) is 8.64. The second kappa shape index (κ2) is 22.5. The average Bonchev–Trinajstić information content (AvgIpc) is 3.04. The predicted octanol–water partition coefficient (Wildman–Crippen LogP) is 10.1. The predicted molar refractivity (Wildman–Crippen MR) is 190 cm³/mol. The van der Waals surface area contributed by atoms with E-state index in [-0.39, 0.29) is 5.91 Å². The van der Waals surface area contributed by atoms with Gasteiger partial charge in [-0.2, -0.15) is 0 Å². The molecular weight excluding hydrogens is 556 g/mol. The zero-order valence-electron chi connectivity index (χ0n) is 28.6. The van der Waals surface area contributed by atoms with Gasteiger partial charge in [0.2, 0.25) is 5.91 Å². The molecule has 0 heterocycles. The number of nitrogens with one attached hydrogen (secondary N) is 2. The molecule has 5 nitrogen and oxygen atoms in total. The molecule has 0 bridgehead atoms. The molecule has 0 aromatic heterocycles. The van der Waals surface area contributed by atoms with Crippen LogP contribution in [0.5, 0.6) is 11.5 Å². The Balaban J connectivity index is 1.17. The number of benzene rings is 2. The van der Waals surface area contributed by atoms with Crippen molar-refractivity contribution in [2.75, 3.05) is 20.3 Å².